The fraction of sp³-hybridized carbons (Fsp3) is 0.435. The van der Waals surface area contributed by atoms with Gasteiger partial charge in [-0.3, -0.25) is 0 Å². The number of nitrogens with zero attached hydrogens (tertiary/aromatic N) is 5. The zero-order valence-corrected chi connectivity index (χ0v) is 19.0. The van der Waals surface area contributed by atoms with Crippen LogP contribution in [0.15, 0.2) is 56.9 Å². The van der Waals surface area contributed by atoms with Crippen LogP contribution in [0.1, 0.15) is 44.1 Å². The summed E-state index contributed by atoms with van der Waals surface area (Å²) < 4.78 is 1.26. The molecule has 2 aliphatic heterocycles. The lowest BCUT2D eigenvalue weighted by Crippen LogP contribution is -2.37. The summed E-state index contributed by atoms with van der Waals surface area (Å²) >= 11 is 12.5. The second-order valence-electron chi connectivity index (χ2n) is 7.92. The Labute approximate surface area is 192 Å². The van der Waals surface area contributed by atoms with E-state index in [0.717, 1.165) is 63.3 Å². The van der Waals surface area contributed by atoms with E-state index in [-0.39, 0.29) is 10.3 Å². The summed E-state index contributed by atoms with van der Waals surface area (Å²) in [5.41, 5.74) is 0.522. The number of anilines is 1. The Morgan fingerprint density at radius 1 is 0.871 bits per heavy atom. The number of hydrogen-bond donors (Lipinski definition) is 0. The molecular weight excluding hydrogens is 433 g/mol. The third-order valence-electron chi connectivity index (χ3n) is 5.77. The average molecular weight is 460 g/mol. The van der Waals surface area contributed by atoms with Crippen LogP contribution in [0.3, 0.4) is 0 Å². The first kappa shape index (κ1) is 21.9. The van der Waals surface area contributed by atoms with Crippen molar-refractivity contribution in [2.24, 2.45) is 4.99 Å². The van der Waals surface area contributed by atoms with E-state index in [0.29, 0.717) is 5.82 Å². The van der Waals surface area contributed by atoms with Crippen LogP contribution < -0.4 is 10.6 Å². The third kappa shape index (κ3) is 5.31. The zero-order valence-electron chi connectivity index (χ0n) is 17.5. The number of hydrogen-bond acceptors (Lipinski definition) is 4. The van der Waals surface area contributed by atoms with E-state index >= 15 is 0 Å². The van der Waals surface area contributed by atoms with Crippen molar-refractivity contribution in [3.05, 3.63) is 63.1 Å². The Morgan fingerprint density at radius 3 is 2.13 bits per heavy atom. The summed E-state index contributed by atoms with van der Waals surface area (Å²) in [5, 5.41) is 0. The van der Waals surface area contributed by atoms with Gasteiger partial charge in [-0.2, -0.15) is 4.98 Å². The van der Waals surface area contributed by atoms with E-state index in [9.17, 15) is 4.79 Å². The van der Waals surface area contributed by atoms with Crippen LogP contribution in [0.5, 0.6) is 0 Å². The zero-order chi connectivity index (χ0) is 21.6. The molecule has 2 fully saturated rings. The molecule has 0 unspecified atom stereocenters. The van der Waals surface area contributed by atoms with Crippen molar-refractivity contribution in [2.45, 2.75) is 38.5 Å². The lowest BCUT2D eigenvalue weighted by Gasteiger charge is -2.30. The van der Waals surface area contributed by atoms with Crippen LogP contribution in [-0.4, -0.2) is 46.5 Å². The third-order valence-corrected chi connectivity index (χ3v) is 6.10. The highest BCUT2D eigenvalue weighted by Crippen LogP contribution is 2.23. The number of aliphatic imine (C=N–C) groups is 1. The van der Waals surface area contributed by atoms with Gasteiger partial charge < -0.3 is 9.80 Å². The number of aromatic nitrogens is 2. The fourth-order valence-electron chi connectivity index (χ4n) is 4.15. The minimum atomic E-state index is -0.438. The molecule has 0 amide bonds. The monoisotopic (exact) mass is 459 g/mol. The second-order valence-corrected chi connectivity index (χ2v) is 8.87. The highest BCUT2D eigenvalue weighted by Gasteiger charge is 2.20. The molecule has 0 radical (unpaired) electrons. The maximum atomic E-state index is 12.9. The molecule has 6 nitrogen and oxygen atoms in total. The van der Waals surface area contributed by atoms with Crippen LogP contribution in [0.25, 0.3) is 5.82 Å². The molecule has 1 aromatic heterocycles. The minimum absolute atomic E-state index is 0.0694. The summed E-state index contributed by atoms with van der Waals surface area (Å²) in [6.45, 7) is 3.64. The molecule has 0 saturated carbocycles. The molecule has 0 atom stereocenters. The normalized spacial score (nSPS) is 17.5. The van der Waals surface area contributed by atoms with Gasteiger partial charge in [0.05, 0.1) is 0 Å². The average Bonchev–Trinajstić information content (AvgIpc) is 2.82. The van der Waals surface area contributed by atoms with Crippen molar-refractivity contribution in [1.82, 2.24) is 14.5 Å². The van der Waals surface area contributed by atoms with Gasteiger partial charge in [0, 0.05) is 37.9 Å². The first-order valence-electron chi connectivity index (χ1n) is 10.9. The van der Waals surface area contributed by atoms with E-state index in [4.69, 9.17) is 28.2 Å². The van der Waals surface area contributed by atoms with Gasteiger partial charge in [-0.1, -0.05) is 53.5 Å². The van der Waals surface area contributed by atoms with E-state index in [1.807, 2.05) is 36.4 Å². The summed E-state index contributed by atoms with van der Waals surface area (Å²) in [7, 11) is 0. The van der Waals surface area contributed by atoms with Gasteiger partial charge >= 0.3 is 5.69 Å². The number of halogens is 2. The Kier molecular flexibility index (Phi) is 7.30. The Balaban J connectivity index is 1.72. The standard InChI is InChI=1S/C23H27Cl2N5O/c24-20(25)22(30-17-12-19(26-23(30)31)28-13-6-2-7-14-28)27-21(18-10-4-1-5-11-18)29-15-8-3-9-16-29/h1,4-5,10-12,17H,2-3,6-9,13-16H2/b27-21-. The molecule has 0 aliphatic carbocycles. The molecule has 8 heteroatoms. The second kappa shape index (κ2) is 10.3. The van der Waals surface area contributed by atoms with Crippen LogP contribution in [-0.2, 0) is 0 Å². The lowest BCUT2D eigenvalue weighted by molar-refractivity contribution is 0.343. The molecule has 2 aliphatic rings. The molecule has 2 aromatic rings. The first-order valence-corrected chi connectivity index (χ1v) is 11.7. The SMILES string of the molecule is O=c1nc(N2CCCCC2)ccn1C(/N=C(/c1ccccc1)N1CCCCC1)=C(Cl)Cl. The van der Waals surface area contributed by atoms with Gasteiger partial charge in [0.1, 0.15) is 16.1 Å². The van der Waals surface area contributed by atoms with Crippen molar-refractivity contribution in [3.8, 4) is 0 Å². The topological polar surface area (TPSA) is 53.7 Å². The van der Waals surface area contributed by atoms with Gasteiger partial charge in [-0.15, -0.1) is 0 Å². The largest absolute Gasteiger partial charge is 0.356 e. The number of rotatable bonds is 4. The van der Waals surface area contributed by atoms with Gasteiger partial charge in [-0.25, -0.2) is 14.4 Å². The van der Waals surface area contributed by atoms with Gasteiger partial charge in [0.2, 0.25) is 0 Å². The molecular formula is C23H27Cl2N5O. The van der Waals surface area contributed by atoms with Crippen molar-refractivity contribution >= 4 is 40.7 Å². The molecule has 164 valence electrons. The number of amidine groups is 1. The van der Waals surface area contributed by atoms with Crippen LogP contribution in [0, 0.1) is 0 Å². The molecule has 1 aromatic carbocycles. The molecule has 2 saturated heterocycles. The molecule has 0 bridgehead atoms. The van der Waals surface area contributed by atoms with Crippen molar-refractivity contribution in [2.75, 3.05) is 31.1 Å². The number of piperidine rings is 2. The summed E-state index contributed by atoms with van der Waals surface area (Å²) in [5.74, 6) is 1.64. The molecule has 3 heterocycles. The summed E-state index contributed by atoms with van der Waals surface area (Å²) in [4.78, 5) is 26.4. The van der Waals surface area contributed by atoms with Crippen molar-refractivity contribution in [1.29, 1.82) is 0 Å². The number of benzene rings is 1. The summed E-state index contributed by atoms with van der Waals surface area (Å²) in [6, 6.07) is 11.8. The van der Waals surface area contributed by atoms with E-state index in [1.54, 1.807) is 6.20 Å². The first-order chi connectivity index (χ1) is 15.1. The molecule has 0 N–H and O–H groups in total. The predicted molar refractivity (Wildman–Crippen MR) is 128 cm³/mol. The van der Waals surface area contributed by atoms with Gasteiger partial charge in [0.25, 0.3) is 0 Å². The van der Waals surface area contributed by atoms with Crippen LogP contribution in [0.4, 0.5) is 5.82 Å². The Morgan fingerprint density at radius 2 is 1.52 bits per heavy atom. The van der Waals surface area contributed by atoms with Crippen LogP contribution in [0.2, 0.25) is 0 Å². The minimum Gasteiger partial charge on any atom is -0.356 e. The van der Waals surface area contributed by atoms with Gasteiger partial charge in [-0.05, 0) is 44.6 Å². The maximum absolute atomic E-state index is 12.9. The van der Waals surface area contributed by atoms with Crippen LogP contribution >= 0.6 is 23.2 Å². The predicted octanol–water partition coefficient (Wildman–Crippen LogP) is 4.73. The molecule has 31 heavy (non-hydrogen) atoms. The van der Waals surface area contributed by atoms with E-state index in [2.05, 4.69) is 14.8 Å². The van der Waals surface area contributed by atoms with Crippen molar-refractivity contribution in [3.63, 3.8) is 0 Å². The van der Waals surface area contributed by atoms with E-state index < -0.39 is 5.69 Å². The Hall–Kier alpha value is -2.31. The van der Waals surface area contributed by atoms with Crippen molar-refractivity contribution < 1.29 is 0 Å². The highest BCUT2D eigenvalue weighted by molar-refractivity contribution is 6.58. The highest BCUT2D eigenvalue weighted by atomic mass is 35.5. The smallest absolute Gasteiger partial charge is 0.355 e. The maximum Gasteiger partial charge on any atom is 0.355 e. The quantitative estimate of drug-likeness (QED) is 0.489. The van der Waals surface area contributed by atoms with E-state index in [1.165, 1.54) is 17.4 Å². The Bertz CT molecular complexity index is 1000. The molecule has 0 spiro atoms. The molecule has 4 rings (SSSR count). The summed E-state index contributed by atoms with van der Waals surface area (Å²) in [6.07, 6.45) is 8.53. The van der Waals surface area contributed by atoms with Gasteiger partial charge in [0.15, 0.2) is 5.82 Å². The lowest BCUT2D eigenvalue weighted by atomic mass is 10.1. The fourth-order valence-corrected chi connectivity index (χ4v) is 4.42. The number of likely N-dealkylation sites (tertiary alicyclic amines) is 1.